The molecule has 1 aromatic carbocycles. The number of nitrogen functional groups attached to an aromatic ring is 1. The number of sulfonamides is 1. The molecule has 0 saturated carbocycles. The van der Waals surface area contributed by atoms with Gasteiger partial charge in [-0.25, -0.2) is 24.2 Å². The van der Waals surface area contributed by atoms with Gasteiger partial charge in [-0.15, -0.1) is 0 Å². The van der Waals surface area contributed by atoms with E-state index in [2.05, 4.69) is 14.4 Å². The van der Waals surface area contributed by atoms with E-state index < -0.39 is 10.0 Å². The van der Waals surface area contributed by atoms with Gasteiger partial charge in [-0.1, -0.05) is 0 Å². The van der Waals surface area contributed by atoms with Gasteiger partial charge in [0.1, 0.15) is 11.5 Å². The second kappa shape index (κ2) is 10.1. The summed E-state index contributed by atoms with van der Waals surface area (Å²) in [6, 6.07) is 3.09. The van der Waals surface area contributed by atoms with E-state index in [4.69, 9.17) is 27.3 Å². The minimum absolute atomic E-state index is 0.0289. The first-order valence-electron chi connectivity index (χ1n) is 8.76. The summed E-state index contributed by atoms with van der Waals surface area (Å²) in [5.74, 6) is -0.494. The Morgan fingerprint density at radius 3 is 2.55 bits per heavy atom. The number of hydrogen-bond acceptors (Lipinski definition) is 11. The Morgan fingerprint density at radius 2 is 2.00 bits per heavy atom. The van der Waals surface area contributed by atoms with Crippen LogP contribution in [0.5, 0.6) is 0 Å². The number of amides is 1. The highest BCUT2D eigenvalue weighted by molar-refractivity contribution is 7.98. The Labute approximate surface area is 187 Å². The molecule has 0 bridgehead atoms. The summed E-state index contributed by atoms with van der Waals surface area (Å²) in [4.78, 5) is 15.1. The number of nitrogens with zero attached hydrogens (tertiary/aromatic N) is 2. The van der Waals surface area contributed by atoms with Crippen molar-refractivity contribution in [3.05, 3.63) is 33.8 Å². The maximum absolute atomic E-state index is 12.4. The van der Waals surface area contributed by atoms with Gasteiger partial charge in [0.2, 0.25) is 10.0 Å². The summed E-state index contributed by atoms with van der Waals surface area (Å²) >= 11 is 1.99. The normalized spacial score (nSPS) is 13.1. The number of rotatable bonds is 6. The summed E-state index contributed by atoms with van der Waals surface area (Å²) in [6.45, 7) is 1.03. The van der Waals surface area contributed by atoms with Gasteiger partial charge in [0.05, 0.1) is 21.9 Å². The van der Waals surface area contributed by atoms with Crippen molar-refractivity contribution in [2.75, 3.05) is 25.5 Å². The molecular weight excluding hydrogens is 462 g/mol. The fraction of sp³-hybridized carbons (Fsp3) is 0.312. The third-order valence-electron chi connectivity index (χ3n) is 4.66. The molecule has 0 spiro atoms. The molecule has 1 aliphatic heterocycles. The van der Waals surface area contributed by atoms with E-state index in [0.717, 1.165) is 22.4 Å². The molecule has 0 aliphatic carbocycles. The van der Waals surface area contributed by atoms with Crippen LogP contribution in [0.15, 0.2) is 21.9 Å². The molecule has 1 aromatic heterocycles. The molecule has 1 amide bonds. The van der Waals surface area contributed by atoms with Crippen LogP contribution in [-0.2, 0) is 23.0 Å². The lowest BCUT2D eigenvalue weighted by molar-refractivity contribution is 0.0958. The van der Waals surface area contributed by atoms with Gasteiger partial charge in [-0.3, -0.25) is 15.3 Å². The highest BCUT2D eigenvalue weighted by atomic mass is 32.2. The largest absolute Gasteiger partial charge is 0.384 e. The van der Waals surface area contributed by atoms with Crippen molar-refractivity contribution in [2.45, 2.75) is 22.8 Å². The quantitative estimate of drug-likeness (QED) is 0.134. The molecule has 2 aromatic rings. The SMILES string of the molecule is CNC(=O)c1nsc2c1CCN(c1ccc(S(=O)(=O)NC)c(SN)c1C(=N)N)C2.N=N. The van der Waals surface area contributed by atoms with Crippen molar-refractivity contribution >= 4 is 50.9 Å². The molecule has 3 rings (SSSR count). The highest BCUT2D eigenvalue weighted by Crippen LogP contribution is 2.37. The lowest BCUT2D eigenvalue weighted by Crippen LogP contribution is -2.33. The van der Waals surface area contributed by atoms with E-state index in [1.165, 1.54) is 24.6 Å². The number of nitrogens with two attached hydrogens (primary N) is 2. The lowest BCUT2D eigenvalue weighted by Gasteiger charge is -2.31. The average molecular weight is 486 g/mol. The summed E-state index contributed by atoms with van der Waals surface area (Å²) in [5.41, 5.74) is 18.1. The first-order chi connectivity index (χ1) is 14.7. The predicted octanol–water partition coefficient (Wildman–Crippen LogP) is 0.820. The van der Waals surface area contributed by atoms with E-state index in [1.807, 2.05) is 4.90 Å². The van der Waals surface area contributed by atoms with Crippen molar-refractivity contribution in [1.29, 1.82) is 16.5 Å². The second-order valence-corrected chi connectivity index (χ2v) is 9.57. The molecule has 0 atom stereocenters. The predicted molar refractivity (Wildman–Crippen MR) is 119 cm³/mol. The molecule has 0 saturated heterocycles. The Balaban J connectivity index is 0.00000166. The zero-order chi connectivity index (χ0) is 23.3. The molecule has 0 fully saturated rings. The van der Waals surface area contributed by atoms with Gasteiger partial charge in [-0.05, 0) is 49.1 Å². The van der Waals surface area contributed by atoms with Crippen LogP contribution in [0.25, 0.3) is 0 Å². The van der Waals surface area contributed by atoms with Gasteiger partial charge < -0.3 is 16.0 Å². The van der Waals surface area contributed by atoms with Crippen LogP contribution in [0.3, 0.4) is 0 Å². The topological polar surface area (TPSA) is 215 Å². The van der Waals surface area contributed by atoms with Crippen LogP contribution in [0, 0.1) is 16.5 Å². The summed E-state index contributed by atoms with van der Waals surface area (Å²) in [7, 11) is -0.904. The van der Waals surface area contributed by atoms with Gasteiger partial charge in [0.25, 0.3) is 5.91 Å². The number of hydrogen-bond donors (Lipinski definition) is 7. The first kappa shape index (κ1) is 24.7. The number of amidine groups is 1. The van der Waals surface area contributed by atoms with Crippen molar-refractivity contribution in [1.82, 2.24) is 14.4 Å². The lowest BCUT2D eigenvalue weighted by atomic mass is 10.0. The summed E-state index contributed by atoms with van der Waals surface area (Å²) < 4.78 is 31.2. The van der Waals surface area contributed by atoms with Crippen LogP contribution in [0.2, 0.25) is 0 Å². The molecule has 12 nitrogen and oxygen atoms in total. The number of nitrogens with one attached hydrogen (secondary N) is 5. The number of aromatic nitrogens is 1. The molecule has 15 heteroatoms. The average Bonchev–Trinajstić information content (AvgIpc) is 3.21. The number of fused-ring (bicyclic) bond motifs is 1. The van der Waals surface area contributed by atoms with E-state index in [1.54, 1.807) is 13.1 Å². The zero-order valence-electron chi connectivity index (χ0n) is 16.8. The maximum Gasteiger partial charge on any atom is 0.271 e. The summed E-state index contributed by atoms with van der Waals surface area (Å²) in [6.07, 6.45) is 0.591. The second-order valence-electron chi connectivity index (χ2n) is 6.21. The monoisotopic (exact) mass is 485 g/mol. The number of benzene rings is 1. The third kappa shape index (κ3) is 4.69. The van der Waals surface area contributed by atoms with Gasteiger partial charge >= 0.3 is 0 Å². The standard InChI is InChI=1S/C16H21N7O3S3.H2N2/c1-20-16(24)13-8-5-6-23(7-10(8)28-22-13)9-3-4-11(29(25,26)21-2)14(27-19)12(9)15(17)18;1-2/h3-4,21H,5-7,19H2,1-2H3,(H3,17,18)(H,20,24);1-2H. The maximum atomic E-state index is 12.4. The number of anilines is 1. The van der Waals surface area contributed by atoms with Crippen molar-refractivity contribution in [3.63, 3.8) is 0 Å². The van der Waals surface area contributed by atoms with Crippen LogP contribution in [0.1, 0.15) is 26.5 Å². The van der Waals surface area contributed by atoms with Gasteiger partial charge in [0.15, 0.2) is 0 Å². The summed E-state index contributed by atoms with van der Waals surface area (Å²) in [5, 5.41) is 16.4. The fourth-order valence-electron chi connectivity index (χ4n) is 3.24. The Morgan fingerprint density at radius 1 is 1.32 bits per heavy atom. The van der Waals surface area contributed by atoms with E-state index >= 15 is 0 Å². The highest BCUT2D eigenvalue weighted by Gasteiger charge is 2.29. The van der Waals surface area contributed by atoms with Crippen LogP contribution >= 0.6 is 23.5 Å². The minimum Gasteiger partial charge on any atom is -0.384 e. The number of carbonyl (C=O) groups is 1. The van der Waals surface area contributed by atoms with Gasteiger partial charge in [0, 0.05) is 29.7 Å². The number of carbonyl (C=O) groups excluding carboxylic acids is 1. The van der Waals surface area contributed by atoms with E-state index in [-0.39, 0.29) is 27.1 Å². The Hall–Kier alpha value is -2.59. The van der Waals surface area contributed by atoms with Crippen molar-refractivity contribution in [2.24, 2.45) is 10.9 Å². The van der Waals surface area contributed by atoms with Crippen LogP contribution in [0.4, 0.5) is 5.69 Å². The zero-order valence-corrected chi connectivity index (χ0v) is 19.2. The smallest absolute Gasteiger partial charge is 0.271 e. The molecule has 9 N–H and O–H groups in total. The Bertz CT molecular complexity index is 1100. The van der Waals surface area contributed by atoms with E-state index in [0.29, 0.717) is 30.9 Å². The van der Waals surface area contributed by atoms with Crippen molar-refractivity contribution in [3.8, 4) is 0 Å². The first-order valence-corrected chi connectivity index (χ1v) is 11.9. The molecular formula is C16H23N9O3S3. The molecule has 31 heavy (non-hydrogen) atoms. The molecule has 168 valence electrons. The van der Waals surface area contributed by atoms with Crippen molar-refractivity contribution < 1.29 is 13.2 Å². The van der Waals surface area contributed by atoms with E-state index in [9.17, 15) is 13.2 Å². The Kier molecular flexibility index (Phi) is 8.08. The molecule has 0 unspecified atom stereocenters. The molecule has 1 aliphatic rings. The third-order valence-corrected chi connectivity index (χ3v) is 7.78. The van der Waals surface area contributed by atoms with Crippen LogP contribution in [-0.4, -0.2) is 45.2 Å². The fourth-order valence-corrected chi connectivity index (χ4v) is 5.96. The van der Waals surface area contributed by atoms with Crippen LogP contribution < -0.4 is 25.8 Å². The molecule has 0 radical (unpaired) electrons. The minimum atomic E-state index is -3.78. The van der Waals surface area contributed by atoms with Gasteiger partial charge in [-0.2, -0.15) is 4.37 Å². The molecule has 2 heterocycles.